The highest BCUT2D eigenvalue weighted by molar-refractivity contribution is 6.02. The highest BCUT2D eigenvalue weighted by Crippen LogP contribution is 2.19. The van der Waals surface area contributed by atoms with Crippen molar-refractivity contribution >= 4 is 34.1 Å². The van der Waals surface area contributed by atoms with Crippen molar-refractivity contribution in [2.24, 2.45) is 0 Å². The molecule has 1 aliphatic heterocycles. The third-order valence-electron chi connectivity index (χ3n) is 6.37. The Bertz CT molecular complexity index is 1370. The van der Waals surface area contributed by atoms with E-state index < -0.39 is 17.6 Å². The number of aromatic nitrogens is 2. The van der Waals surface area contributed by atoms with Crippen LogP contribution < -0.4 is 16.2 Å². The third kappa shape index (κ3) is 6.37. The molecule has 0 saturated carbocycles. The van der Waals surface area contributed by atoms with Crippen molar-refractivity contribution in [1.29, 1.82) is 0 Å². The Hall–Kier alpha value is -3.67. The number of nitrogens with zero attached hydrogens (tertiary/aromatic N) is 4. The van der Waals surface area contributed by atoms with Crippen LogP contribution in [-0.2, 0) is 17.8 Å². The number of benzene rings is 2. The van der Waals surface area contributed by atoms with Gasteiger partial charge in [-0.15, -0.1) is 0 Å². The molecule has 0 aliphatic carbocycles. The molecule has 10 nitrogen and oxygen atoms in total. The number of urea groups is 1. The summed E-state index contributed by atoms with van der Waals surface area (Å²) in [5.74, 6) is -0.423. The summed E-state index contributed by atoms with van der Waals surface area (Å²) >= 11 is 0. The van der Waals surface area contributed by atoms with Crippen molar-refractivity contribution in [3.8, 4) is 0 Å². The van der Waals surface area contributed by atoms with Crippen molar-refractivity contribution in [1.82, 2.24) is 19.4 Å². The fourth-order valence-corrected chi connectivity index (χ4v) is 4.25. The Balaban J connectivity index is 1.56. The SMILES string of the molecule is COCCn1c(CN2CCN(C)CC2)nc2ccc(NC(=O)Nc3ccc(F)c(C(C)=O)c3)cc2c1=O. The molecule has 1 aromatic heterocycles. The minimum absolute atomic E-state index is 0.112. The number of nitrogens with one attached hydrogen (secondary N) is 2. The van der Waals surface area contributed by atoms with Crippen LogP contribution in [0.5, 0.6) is 0 Å². The number of ketones is 1. The molecule has 2 heterocycles. The maximum absolute atomic E-state index is 13.8. The molecule has 0 bridgehead atoms. The number of piperazine rings is 1. The molecule has 1 fully saturated rings. The monoisotopic (exact) mass is 510 g/mol. The molecule has 0 radical (unpaired) electrons. The zero-order valence-corrected chi connectivity index (χ0v) is 21.2. The van der Waals surface area contributed by atoms with Crippen molar-refractivity contribution in [2.75, 3.05) is 57.6 Å². The van der Waals surface area contributed by atoms with E-state index in [2.05, 4.69) is 27.5 Å². The number of carbonyl (C=O) groups is 2. The van der Waals surface area contributed by atoms with Crippen LogP contribution >= 0.6 is 0 Å². The Kier molecular flexibility index (Phi) is 8.27. The number of carbonyl (C=O) groups excluding carboxylic acids is 2. The first kappa shape index (κ1) is 26.4. The van der Waals surface area contributed by atoms with E-state index >= 15 is 0 Å². The van der Waals surface area contributed by atoms with Gasteiger partial charge in [0.2, 0.25) is 0 Å². The minimum atomic E-state index is -0.655. The van der Waals surface area contributed by atoms with Gasteiger partial charge in [0.25, 0.3) is 5.56 Å². The summed E-state index contributed by atoms with van der Waals surface area (Å²) in [5, 5.41) is 5.63. The zero-order chi connectivity index (χ0) is 26.5. The first-order valence-electron chi connectivity index (χ1n) is 12.1. The molecule has 0 atom stereocenters. The Labute approximate surface area is 214 Å². The van der Waals surface area contributed by atoms with Crippen LogP contribution in [-0.4, -0.2) is 78.1 Å². The topological polar surface area (TPSA) is 109 Å². The fraction of sp³-hybridized carbons (Fsp3) is 0.385. The lowest BCUT2D eigenvalue weighted by atomic mass is 10.1. The second kappa shape index (κ2) is 11.6. The largest absolute Gasteiger partial charge is 0.383 e. The molecule has 4 rings (SSSR count). The molecule has 0 spiro atoms. The standard InChI is InChI=1S/C26H31FN6O4/c1-17(34)20-14-18(4-6-22(20)27)28-26(36)29-19-5-7-23-21(15-19)25(35)33(12-13-37-3)24(30-23)16-32-10-8-31(2)9-11-32/h4-7,14-15H,8-13,16H2,1-3H3,(H2,28,29,36). The lowest BCUT2D eigenvalue weighted by Gasteiger charge is -2.32. The van der Waals surface area contributed by atoms with E-state index in [9.17, 15) is 18.8 Å². The van der Waals surface area contributed by atoms with Crippen molar-refractivity contribution in [2.45, 2.75) is 20.0 Å². The van der Waals surface area contributed by atoms with Gasteiger partial charge in [-0.25, -0.2) is 14.2 Å². The van der Waals surface area contributed by atoms with E-state index in [1.54, 1.807) is 29.9 Å². The van der Waals surface area contributed by atoms with Gasteiger partial charge < -0.3 is 20.3 Å². The number of likely N-dealkylation sites (N-methyl/N-ethyl adjacent to an activating group) is 1. The molecule has 2 N–H and O–H groups in total. The van der Waals surface area contributed by atoms with Crippen LogP contribution in [0.15, 0.2) is 41.2 Å². The average Bonchev–Trinajstić information content (AvgIpc) is 2.86. The lowest BCUT2D eigenvalue weighted by Crippen LogP contribution is -2.45. The molecule has 2 aromatic carbocycles. The molecule has 0 unspecified atom stereocenters. The van der Waals surface area contributed by atoms with Gasteiger partial charge in [-0.2, -0.15) is 0 Å². The summed E-state index contributed by atoms with van der Waals surface area (Å²) in [6, 6.07) is 8.11. The first-order chi connectivity index (χ1) is 17.7. The van der Waals surface area contributed by atoms with E-state index in [4.69, 9.17) is 9.72 Å². The van der Waals surface area contributed by atoms with E-state index in [1.165, 1.54) is 19.1 Å². The molecule has 11 heteroatoms. The lowest BCUT2D eigenvalue weighted by molar-refractivity contribution is 0.101. The van der Waals surface area contributed by atoms with Gasteiger partial charge >= 0.3 is 6.03 Å². The number of rotatable bonds is 8. The Morgan fingerprint density at radius 2 is 1.73 bits per heavy atom. The molecule has 1 saturated heterocycles. The molecule has 196 valence electrons. The minimum Gasteiger partial charge on any atom is -0.383 e. The number of fused-ring (bicyclic) bond motifs is 1. The van der Waals surface area contributed by atoms with Gasteiger partial charge in [0.05, 0.1) is 36.2 Å². The van der Waals surface area contributed by atoms with Gasteiger partial charge in [0, 0.05) is 44.7 Å². The van der Waals surface area contributed by atoms with Crippen molar-refractivity contribution in [3.63, 3.8) is 0 Å². The van der Waals surface area contributed by atoms with Crippen LogP contribution in [0, 0.1) is 5.82 Å². The van der Waals surface area contributed by atoms with Crippen LogP contribution in [0.25, 0.3) is 10.9 Å². The number of halogens is 1. The number of amides is 2. The second-order valence-corrected chi connectivity index (χ2v) is 9.12. The summed E-state index contributed by atoms with van der Waals surface area (Å²) < 4.78 is 20.6. The summed E-state index contributed by atoms with van der Waals surface area (Å²) in [7, 11) is 3.68. The summed E-state index contributed by atoms with van der Waals surface area (Å²) in [6.07, 6.45) is 0. The number of Topliss-reactive ketones (excluding diaryl/α,β-unsaturated/α-hetero) is 1. The molecule has 1 aliphatic rings. The zero-order valence-electron chi connectivity index (χ0n) is 21.2. The van der Waals surface area contributed by atoms with Crippen LogP contribution in [0.2, 0.25) is 0 Å². The van der Waals surface area contributed by atoms with Crippen LogP contribution in [0.1, 0.15) is 23.1 Å². The van der Waals surface area contributed by atoms with E-state index in [-0.39, 0.29) is 16.8 Å². The number of ether oxygens (including phenoxy) is 1. The van der Waals surface area contributed by atoms with Gasteiger partial charge in [-0.05, 0) is 50.4 Å². The normalized spacial score (nSPS) is 14.6. The van der Waals surface area contributed by atoms with Gasteiger partial charge in [-0.3, -0.25) is 19.1 Å². The predicted molar refractivity (Wildman–Crippen MR) is 140 cm³/mol. The van der Waals surface area contributed by atoms with E-state index in [1.807, 2.05) is 0 Å². The summed E-state index contributed by atoms with van der Waals surface area (Å²) in [4.78, 5) is 46.9. The Morgan fingerprint density at radius 1 is 1.05 bits per heavy atom. The smallest absolute Gasteiger partial charge is 0.323 e. The molecular formula is C26H31FN6O4. The molecular weight excluding hydrogens is 479 g/mol. The highest BCUT2D eigenvalue weighted by atomic mass is 19.1. The third-order valence-corrected chi connectivity index (χ3v) is 6.37. The van der Waals surface area contributed by atoms with E-state index in [0.717, 1.165) is 32.2 Å². The highest BCUT2D eigenvalue weighted by Gasteiger charge is 2.19. The van der Waals surface area contributed by atoms with Gasteiger partial charge in [0.1, 0.15) is 11.6 Å². The fourth-order valence-electron chi connectivity index (χ4n) is 4.25. The molecule has 37 heavy (non-hydrogen) atoms. The van der Waals surface area contributed by atoms with Gasteiger partial charge in [-0.1, -0.05) is 0 Å². The van der Waals surface area contributed by atoms with Crippen molar-refractivity contribution < 1.29 is 18.7 Å². The predicted octanol–water partition coefficient (Wildman–Crippen LogP) is 2.78. The van der Waals surface area contributed by atoms with Crippen LogP contribution in [0.3, 0.4) is 0 Å². The second-order valence-electron chi connectivity index (χ2n) is 9.12. The maximum Gasteiger partial charge on any atom is 0.323 e. The number of methoxy groups -OCH3 is 1. The number of anilines is 2. The maximum atomic E-state index is 13.8. The average molecular weight is 511 g/mol. The quantitative estimate of drug-likeness (QED) is 0.449. The van der Waals surface area contributed by atoms with Gasteiger partial charge in [0.15, 0.2) is 5.78 Å². The van der Waals surface area contributed by atoms with E-state index in [0.29, 0.717) is 42.1 Å². The number of hydrogen-bond acceptors (Lipinski definition) is 7. The van der Waals surface area contributed by atoms with Crippen molar-refractivity contribution in [3.05, 3.63) is 64.0 Å². The number of hydrogen-bond donors (Lipinski definition) is 2. The van der Waals surface area contributed by atoms with Crippen LogP contribution in [0.4, 0.5) is 20.6 Å². The molecule has 3 aromatic rings. The summed E-state index contributed by atoms with van der Waals surface area (Å²) in [5.41, 5.74) is 0.877. The molecule has 2 amide bonds. The summed E-state index contributed by atoms with van der Waals surface area (Å²) in [6.45, 7) is 6.25. The first-order valence-corrected chi connectivity index (χ1v) is 12.1. The Morgan fingerprint density at radius 3 is 2.41 bits per heavy atom.